The van der Waals surface area contributed by atoms with Gasteiger partial charge in [-0.15, -0.1) is 12.4 Å². The molecule has 0 unspecified atom stereocenters. The van der Waals surface area contributed by atoms with Gasteiger partial charge in [0.05, 0.1) is 11.7 Å². The Morgan fingerprint density at radius 1 is 1.45 bits per heavy atom. The Bertz CT molecular complexity index is 547. The third-order valence-electron chi connectivity index (χ3n) is 3.18. The number of carbonyl (C=O) groups excluding carboxylic acids is 1. The largest absolute Gasteiger partial charge is 0.490 e. The molecule has 1 aliphatic heterocycles. The molecule has 0 spiro atoms. The molecule has 0 fully saturated rings. The maximum Gasteiger partial charge on any atom is 0.255 e. The highest BCUT2D eigenvalue weighted by Crippen LogP contribution is 2.25. The van der Waals surface area contributed by atoms with Crippen molar-refractivity contribution in [2.24, 2.45) is 0 Å². The molecule has 2 rings (SSSR count). The molecule has 1 aliphatic rings. The number of benzene rings is 1. The molecule has 0 aromatic heterocycles. The predicted molar refractivity (Wildman–Crippen MR) is 95.1 cm³/mol. The van der Waals surface area contributed by atoms with Gasteiger partial charge in [-0.25, -0.2) is 0 Å². The minimum Gasteiger partial charge on any atom is -0.490 e. The van der Waals surface area contributed by atoms with Gasteiger partial charge in [-0.3, -0.25) is 4.79 Å². The first-order valence-corrected chi connectivity index (χ1v) is 7.98. The molecule has 1 aromatic carbocycles. The van der Waals surface area contributed by atoms with Crippen LogP contribution in [0.2, 0.25) is 0 Å². The Kier molecular flexibility index (Phi) is 7.93. The summed E-state index contributed by atoms with van der Waals surface area (Å²) in [6.45, 7) is 6.34. The van der Waals surface area contributed by atoms with E-state index in [9.17, 15) is 4.79 Å². The van der Waals surface area contributed by atoms with Gasteiger partial charge in [0.1, 0.15) is 5.75 Å². The molecule has 0 saturated heterocycles. The Labute approximate surface area is 146 Å². The number of amides is 1. The monoisotopic (exact) mass is 388 g/mol. The molecule has 1 amide bonds. The van der Waals surface area contributed by atoms with Crippen LogP contribution in [-0.2, 0) is 0 Å². The molecule has 0 atom stereocenters. The number of rotatable bonds is 5. The van der Waals surface area contributed by atoms with Crippen LogP contribution in [0.25, 0.3) is 0 Å². The van der Waals surface area contributed by atoms with Crippen molar-refractivity contribution >= 4 is 34.2 Å². The predicted octanol–water partition coefficient (Wildman–Crippen LogP) is 3.31. The smallest absolute Gasteiger partial charge is 0.255 e. The van der Waals surface area contributed by atoms with Gasteiger partial charge in [0.25, 0.3) is 5.91 Å². The average molecular weight is 390 g/mol. The van der Waals surface area contributed by atoms with Gasteiger partial charge in [-0.2, -0.15) is 0 Å². The quantitative estimate of drug-likeness (QED) is 0.760. The minimum absolute atomic E-state index is 0. The second-order valence-electron chi connectivity index (χ2n) is 5.31. The number of hydrogen-bond donors (Lipinski definition) is 2. The van der Waals surface area contributed by atoms with Crippen LogP contribution in [0.5, 0.6) is 5.75 Å². The van der Waals surface area contributed by atoms with Crippen molar-refractivity contribution in [3.63, 3.8) is 0 Å². The minimum atomic E-state index is -0.0995. The second kappa shape index (κ2) is 9.18. The summed E-state index contributed by atoms with van der Waals surface area (Å²) in [5.41, 5.74) is 1.84. The first kappa shape index (κ1) is 19.0. The standard InChI is InChI=1S/C16H21BrN2O2.ClH/c1-11(2)21-15-9-13(17)3-4-14(15)16(20)19-10-12-5-7-18-8-6-12;/h3-5,9,11,18H,6-8,10H2,1-2H3,(H,19,20);1H. The highest BCUT2D eigenvalue weighted by molar-refractivity contribution is 9.10. The van der Waals surface area contributed by atoms with E-state index < -0.39 is 0 Å². The van der Waals surface area contributed by atoms with Gasteiger partial charge in [0, 0.05) is 17.6 Å². The summed E-state index contributed by atoms with van der Waals surface area (Å²) in [5.74, 6) is 0.508. The summed E-state index contributed by atoms with van der Waals surface area (Å²) < 4.78 is 6.62. The molecule has 1 aromatic rings. The molecule has 1 heterocycles. The van der Waals surface area contributed by atoms with Crippen LogP contribution in [0.1, 0.15) is 30.6 Å². The molecule has 22 heavy (non-hydrogen) atoms. The lowest BCUT2D eigenvalue weighted by atomic mass is 10.1. The zero-order valence-corrected chi connectivity index (χ0v) is 15.2. The van der Waals surface area contributed by atoms with Crippen molar-refractivity contribution in [1.29, 1.82) is 0 Å². The summed E-state index contributed by atoms with van der Waals surface area (Å²) in [6.07, 6.45) is 3.14. The van der Waals surface area contributed by atoms with Gasteiger partial charge in [0.2, 0.25) is 0 Å². The fourth-order valence-corrected chi connectivity index (χ4v) is 2.49. The van der Waals surface area contributed by atoms with E-state index in [4.69, 9.17) is 4.74 Å². The Morgan fingerprint density at radius 3 is 2.86 bits per heavy atom. The number of carbonyl (C=O) groups is 1. The van der Waals surface area contributed by atoms with Crippen LogP contribution in [-0.4, -0.2) is 31.6 Å². The topological polar surface area (TPSA) is 50.4 Å². The molecule has 6 heteroatoms. The first-order valence-electron chi connectivity index (χ1n) is 7.19. The molecule has 2 N–H and O–H groups in total. The lowest BCUT2D eigenvalue weighted by molar-refractivity contribution is 0.0950. The van der Waals surface area contributed by atoms with Crippen molar-refractivity contribution in [3.8, 4) is 5.75 Å². The summed E-state index contributed by atoms with van der Waals surface area (Å²) in [4.78, 5) is 12.4. The number of ether oxygens (including phenoxy) is 1. The van der Waals surface area contributed by atoms with Crippen LogP contribution in [0.4, 0.5) is 0 Å². The first-order chi connectivity index (χ1) is 10.1. The van der Waals surface area contributed by atoms with E-state index in [1.807, 2.05) is 26.0 Å². The van der Waals surface area contributed by atoms with Crippen LogP contribution >= 0.6 is 28.3 Å². The fraction of sp³-hybridized carbons (Fsp3) is 0.438. The molecule has 0 bridgehead atoms. The van der Waals surface area contributed by atoms with Gasteiger partial charge in [0.15, 0.2) is 0 Å². The molecule has 122 valence electrons. The molecule has 0 aliphatic carbocycles. The van der Waals surface area contributed by atoms with E-state index in [1.165, 1.54) is 5.57 Å². The number of hydrogen-bond acceptors (Lipinski definition) is 3. The average Bonchev–Trinajstić information content (AvgIpc) is 2.45. The lowest BCUT2D eigenvalue weighted by Gasteiger charge is -2.17. The highest BCUT2D eigenvalue weighted by Gasteiger charge is 2.14. The van der Waals surface area contributed by atoms with Crippen molar-refractivity contribution in [2.45, 2.75) is 26.4 Å². The third-order valence-corrected chi connectivity index (χ3v) is 3.68. The Morgan fingerprint density at radius 2 is 2.23 bits per heavy atom. The summed E-state index contributed by atoms with van der Waals surface area (Å²) in [6, 6.07) is 5.47. The van der Waals surface area contributed by atoms with E-state index in [0.717, 1.165) is 24.0 Å². The number of halogens is 2. The van der Waals surface area contributed by atoms with E-state index in [2.05, 4.69) is 32.6 Å². The van der Waals surface area contributed by atoms with E-state index in [-0.39, 0.29) is 24.4 Å². The van der Waals surface area contributed by atoms with Gasteiger partial charge >= 0.3 is 0 Å². The van der Waals surface area contributed by atoms with E-state index in [0.29, 0.717) is 17.9 Å². The van der Waals surface area contributed by atoms with Gasteiger partial charge in [-0.05, 0) is 45.0 Å². The zero-order chi connectivity index (χ0) is 15.2. The van der Waals surface area contributed by atoms with E-state index in [1.54, 1.807) is 6.07 Å². The van der Waals surface area contributed by atoms with Crippen molar-refractivity contribution < 1.29 is 9.53 Å². The molecule has 0 radical (unpaired) electrons. The zero-order valence-electron chi connectivity index (χ0n) is 12.8. The third kappa shape index (κ3) is 5.63. The summed E-state index contributed by atoms with van der Waals surface area (Å²) in [5, 5.41) is 6.23. The molecule has 4 nitrogen and oxygen atoms in total. The van der Waals surface area contributed by atoms with Crippen molar-refractivity contribution in [3.05, 3.63) is 39.9 Å². The normalized spacial score (nSPS) is 14.1. The van der Waals surface area contributed by atoms with Crippen LogP contribution in [0.15, 0.2) is 34.3 Å². The molecular formula is C16H22BrClN2O2. The number of nitrogens with one attached hydrogen (secondary N) is 2. The summed E-state index contributed by atoms with van der Waals surface area (Å²) >= 11 is 3.41. The van der Waals surface area contributed by atoms with Crippen molar-refractivity contribution in [1.82, 2.24) is 10.6 Å². The van der Waals surface area contributed by atoms with Crippen LogP contribution < -0.4 is 15.4 Å². The summed E-state index contributed by atoms with van der Waals surface area (Å²) in [7, 11) is 0. The van der Waals surface area contributed by atoms with Crippen LogP contribution in [0.3, 0.4) is 0 Å². The SMILES string of the molecule is CC(C)Oc1cc(Br)ccc1C(=O)NCC1=CCNCC1.Cl. The molecule has 0 saturated carbocycles. The highest BCUT2D eigenvalue weighted by atomic mass is 79.9. The second-order valence-corrected chi connectivity index (χ2v) is 6.22. The Hall–Kier alpha value is -1.04. The maximum atomic E-state index is 12.4. The fourth-order valence-electron chi connectivity index (χ4n) is 2.15. The maximum absolute atomic E-state index is 12.4. The van der Waals surface area contributed by atoms with E-state index >= 15 is 0 Å². The van der Waals surface area contributed by atoms with Gasteiger partial charge < -0.3 is 15.4 Å². The lowest BCUT2D eigenvalue weighted by Crippen LogP contribution is -2.30. The van der Waals surface area contributed by atoms with Crippen molar-refractivity contribution in [2.75, 3.05) is 19.6 Å². The van der Waals surface area contributed by atoms with Gasteiger partial charge in [-0.1, -0.05) is 27.6 Å². The Balaban J connectivity index is 0.00000242. The van der Waals surface area contributed by atoms with Crippen LogP contribution in [0, 0.1) is 0 Å². The molecular weight excluding hydrogens is 368 g/mol.